The van der Waals surface area contributed by atoms with Crippen LogP contribution in [0.3, 0.4) is 0 Å². The van der Waals surface area contributed by atoms with Gasteiger partial charge in [0.15, 0.2) is 5.78 Å². The minimum atomic E-state index is -3.43. The fourth-order valence-corrected chi connectivity index (χ4v) is 5.30. The molecule has 0 radical (unpaired) electrons. The highest BCUT2D eigenvalue weighted by Crippen LogP contribution is 2.32. The van der Waals surface area contributed by atoms with Crippen LogP contribution >= 0.6 is 16.1 Å². The molecule has 0 saturated carbocycles. The van der Waals surface area contributed by atoms with E-state index in [4.69, 9.17) is 4.74 Å². The van der Waals surface area contributed by atoms with Crippen LogP contribution in [0, 0.1) is 0 Å². The van der Waals surface area contributed by atoms with E-state index < -0.39 is 10.0 Å². The van der Waals surface area contributed by atoms with Gasteiger partial charge in [-0.25, -0.2) is 11.7 Å². The molecule has 1 aromatic heterocycles. The third-order valence-electron chi connectivity index (χ3n) is 6.45. The van der Waals surface area contributed by atoms with Gasteiger partial charge < -0.3 is 14.6 Å². The number of ether oxygens (including phenoxy) is 1. The normalized spacial score (nSPS) is 11.6. The van der Waals surface area contributed by atoms with Crippen molar-refractivity contribution in [3.05, 3.63) is 108 Å². The Morgan fingerprint density at radius 2 is 1.59 bits per heavy atom. The van der Waals surface area contributed by atoms with Gasteiger partial charge in [0, 0.05) is 41.0 Å². The Labute approximate surface area is 236 Å². The number of ketones is 1. The van der Waals surface area contributed by atoms with Gasteiger partial charge in [-0.2, -0.15) is 0 Å². The zero-order chi connectivity index (χ0) is 27.4. The standard InChI is InChI=1S/C30H28BrN3O4S/c1-39(36,37)34(31)24-13-11-23(12-14-24)30(35)20-32-17-18-38-25-15-16-27-26-9-5-6-10-28(26)33(29(27)19-25)21-22-7-3-2-4-8-22/h2-16,19,32H,17-18,20-21H2,1H3. The molecule has 5 rings (SSSR count). The van der Waals surface area contributed by atoms with Crippen LogP contribution in [0.2, 0.25) is 0 Å². The number of fused-ring (bicyclic) bond motifs is 3. The second-order valence-electron chi connectivity index (χ2n) is 9.24. The molecule has 0 bridgehead atoms. The molecule has 0 saturated heterocycles. The summed E-state index contributed by atoms with van der Waals surface area (Å²) in [4.78, 5) is 12.5. The lowest BCUT2D eigenvalue weighted by atomic mass is 10.1. The number of benzene rings is 4. The van der Waals surface area contributed by atoms with Gasteiger partial charge in [0.25, 0.3) is 0 Å². The van der Waals surface area contributed by atoms with Crippen LogP contribution in [0.5, 0.6) is 5.75 Å². The molecule has 0 amide bonds. The molecule has 200 valence electrons. The van der Waals surface area contributed by atoms with E-state index in [1.807, 2.05) is 12.1 Å². The largest absolute Gasteiger partial charge is 0.492 e. The van der Waals surface area contributed by atoms with E-state index in [-0.39, 0.29) is 12.3 Å². The van der Waals surface area contributed by atoms with Gasteiger partial charge in [0.1, 0.15) is 12.4 Å². The Hall–Kier alpha value is -3.66. The van der Waals surface area contributed by atoms with Crippen LogP contribution in [-0.4, -0.2) is 44.7 Å². The maximum Gasteiger partial charge on any atom is 0.241 e. The van der Waals surface area contributed by atoms with Crippen molar-refractivity contribution in [3.8, 4) is 5.75 Å². The summed E-state index contributed by atoms with van der Waals surface area (Å²) in [5, 5.41) is 5.52. The van der Waals surface area contributed by atoms with Crippen molar-refractivity contribution in [3.63, 3.8) is 0 Å². The molecule has 0 aliphatic rings. The number of hydrogen-bond acceptors (Lipinski definition) is 5. The van der Waals surface area contributed by atoms with Crippen molar-refractivity contribution in [2.24, 2.45) is 0 Å². The lowest BCUT2D eigenvalue weighted by Crippen LogP contribution is -2.27. The summed E-state index contributed by atoms with van der Waals surface area (Å²) in [6.07, 6.45) is 1.09. The summed E-state index contributed by atoms with van der Waals surface area (Å²) in [7, 11) is -3.43. The van der Waals surface area contributed by atoms with Crippen molar-refractivity contribution in [1.82, 2.24) is 9.88 Å². The number of nitrogens with one attached hydrogen (secondary N) is 1. The number of carbonyl (C=O) groups is 1. The van der Waals surface area contributed by atoms with E-state index in [1.165, 1.54) is 21.9 Å². The SMILES string of the molecule is CS(=O)(=O)N(Br)c1ccc(C(=O)CNCCOc2ccc3c4ccccc4n(Cc4ccccc4)c3c2)cc1. The van der Waals surface area contributed by atoms with E-state index in [2.05, 4.69) is 86.7 Å². The maximum atomic E-state index is 12.5. The topological polar surface area (TPSA) is 80.6 Å². The smallest absolute Gasteiger partial charge is 0.241 e. The van der Waals surface area contributed by atoms with Crippen molar-refractivity contribution >= 4 is 59.4 Å². The summed E-state index contributed by atoms with van der Waals surface area (Å²) < 4.78 is 32.6. The van der Waals surface area contributed by atoms with E-state index in [1.54, 1.807) is 24.3 Å². The number of halogens is 1. The highest BCUT2D eigenvalue weighted by molar-refractivity contribution is 9.11. The monoisotopic (exact) mass is 605 g/mol. The highest BCUT2D eigenvalue weighted by atomic mass is 79.9. The summed E-state index contributed by atoms with van der Waals surface area (Å²) in [5.74, 6) is 0.683. The Bertz CT molecular complexity index is 1720. The number of carbonyl (C=O) groups excluding carboxylic acids is 1. The zero-order valence-electron chi connectivity index (χ0n) is 21.4. The van der Waals surface area contributed by atoms with E-state index in [0.717, 1.165) is 27.4 Å². The predicted octanol–water partition coefficient (Wildman–Crippen LogP) is 5.77. The average Bonchev–Trinajstić information content (AvgIpc) is 3.25. The number of nitrogens with zero attached hydrogens (tertiary/aromatic N) is 2. The first-order chi connectivity index (χ1) is 18.8. The van der Waals surface area contributed by atoms with E-state index >= 15 is 0 Å². The average molecular weight is 607 g/mol. The quantitative estimate of drug-likeness (QED) is 0.117. The molecule has 9 heteroatoms. The first-order valence-electron chi connectivity index (χ1n) is 12.5. The lowest BCUT2D eigenvalue weighted by molar-refractivity contribution is 0.0990. The molecule has 0 spiro atoms. The summed E-state index contributed by atoms with van der Waals surface area (Å²) >= 11 is 3.02. The molecule has 1 heterocycles. The molecule has 0 aliphatic heterocycles. The Morgan fingerprint density at radius 1 is 0.897 bits per heavy atom. The van der Waals surface area contributed by atoms with Gasteiger partial charge in [-0.1, -0.05) is 48.5 Å². The van der Waals surface area contributed by atoms with Crippen LogP contribution in [0.1, 0.15) is 15.9 Å². The first kappa shape index (κ1) is 26.9. The fourth-order valence-electron chi connectivity index (χ4n) is 4.56. The van der Waals surface area contributed by atoms with E-state index in [9.17, 15) is 13.2 Å². The molecule has 0 unspecified atom stereocenters. The van der Waals surface area contributed by atoms with Crippen LogP contribution in [0.4, 0.5) is 5.69 Å². The third kappa shape index (κ3) is 6.16. The second-order valence-corrected chi connectivity index (χ2v) is 12.3. The number of para-hydroxylation sites is 1. The van der Waals surface area contributed by atoms with Crippen LogP contribution < -0.4 is 13.4 Å². The Balaban J connectivity index is 1.20. The van der Waals surface area contributed by atoms with Gasteiger partial charge in [0.2, 0.25) is 10.0 Å². The van der Waals surface area contributed by atoms with Crippen molar-refractivity contribution < 1.29 is 17.9 Å². The molecular weight excluding hydrogens is 578 g/mol. The highest BCUT2D eigenvalue weighted by Gasteiger charge is 2.15. The second kappa shape index (κ2) is 11.6. The number of rotatable bonds is 11. The molecule has 5 aromatic rings. The van der Waals surface area contributed by atoms with Gasteiger partial charge >= 0.3 is 0 Å². The number of aromatic nitrogens is 1. The van der Waals surface area contributed by atoms with Crippen molar-refractivity contribution in [2.75, 3.05) is 29.3 Å². The maximum absolute atomic E-state index is 12.5. The molecule has 0 aliphatic carbocycles. The van der Waals surface area contributed by atoms with Gasteiger partial charge in [-0.15, -0.1) is 0 Å². The van der Waals surface area contributed by atoms with Crippen molar-refractivity contribution in [2.45, 2.75) is 6.54 Å². The zero-order valence-corrected chi connectivity index (χ0v) is 23.8. The molecule has 1 N–H and O–H groups in total. The van der Waals surface area contributed by atoms with Crippen molar-refractivity contribution in [1.29, 1.82) is 0 Å². The van der Waals surface area contributed by atoms with Gasteiger partial charge in [-0.3, -0.25) is 4.79 Å². The number of Topliss-reactive ketones (excluding diaryl/α,β-unsaturated/α-hetero) is 1. The fraction of sp³-hybridized carbons (Fsp3) is 0.167. The number of sulfonamides is 1. The van der Waals surface area contributed by atoms with Gasteiger partial charge in [0.05, 0.1) is 40.2 Å². The van der Waals surface area contributed by atoms with Crippen LogP contribution in [0.25, 0.3) is 21.8 Å². The Morgan fingerprint density at radius 3 is 2.33 bits per heavy atom. The number of hydrogen-bond donors (Lipinski definition) is 1. The molecular formula is C30H28BrN3O4S. The Kier molecular flexibility index (Phi) is 8.02. The summed E-state index contributed by atoms with van der Waals surface area (Å²) in [6, 6.07) is 31.4. The number of anilines is 1. The minimum Gasteiger partial charge on any atom is -0.492 e. The molecule has 0 fully saturated rings. The molecule has 39 heavy (non-hydrogen) atoms. The minimum absolute atomic E-state index is 0.0890. The van der Waals surface area contributed by atoms with Crippen LogP contribution in [-0.2, 0) is 16.6 Å². The lowest BCUT2D eigenvalue weighted by Gasteiger charge is -2.13. The first-order valence-corrected chi connectivity index (χ1v) is 15.0. The van der Waals surface area contributed by atoms with Crippen LogP contribution in [0.15, 0.2) is 97.1 Å². The summed E-state index contributed by atoms with van der Waals surface area (Å²) in [5.41, 5.74) is 4.45. The predicted molar refractivity (Wildman–Crippen MR) is 160 cm³/mol. The van der Waals surface area contributed by atoms with E-state index in [0.29, 0.717) is 24.4 Å². The molecule has 4 aromatic carbocycles. The molecule has 0 atom stereocenters. The third-order valence-corrected chi connectivity index (χ3v) is 9.23. The van der Waals surface area contributed by atoms with Gasteiger partial charge in [-0.05, 0) is 48.0 Å². The summed E-state index contributed by atoms with van der Waals surface area (Å²) in [6.45, 7) is 1.82. The molecule has 7 nitrogen and oxygen atoms in total.